The molecule has 2 N–H and O–H groups in total. The average Bonchev–Trinajstić information content (AvgIpc) is 3.33. The SMILES string of the molecule is CC(C)C.C[C@H]1CN(C(=O)CNC(=O)C(F)(F)F)CC1(C)C.N#CC(NC=O)c1cncc2scc(Cl)c12. The second kappa shape index (κ2) is 14.3. The molecular formula is C25H33ClF3N5O3S. The molecule has 8 nitrogen and oxygen atoms in total. The Morgan fingerprint density at radius 1 is 1.34 bits per heavy atom. The summed E-state index contributed by atoms with van der Waals surface area (Å²) in [5.74, 6) is -1.45. The number of nitrogens with zero attached hydrogens (tertiary/aromatic N) is 3. The monoisotopic (exact) mass is 575 g/mol. The maximum Gasteiger partial charge on any atom is 0.471 e. The Bertz CT molecular complexity index is 1140. The lowest BCUT2D eigenvalue weighted by Gasteiger charge is -2.22. The summed E-state index contributed by atoms with van der Waals surface area (Å²) in [6.07, 6.45) is -1.22. The maximum absolute atomic E-state index is 11.9. The third-order valence-electron chi connectivity index (χ3n) is 5.58. The number of likely N-dealkylation sites (tertiary alicyclic amines) is 1. The fourth-order valence-corrected chi connectivity index (χ4v) is 4.52. The molecule has 2 aromatic rings. The smallest absolute Gasteiger partial charge is 0.340 e. The molecule has 3 rings (SSSR count). The van der Waals surface area contributed by atoms with Crippen molar-refractivity contribution < 1.29 is 27.6 Å². The van der Waals surface area contributed by atoms with Gasteiger partial charge in [0.15, 0.2) is 0 Å². The van der Waals surface area contributed by atoms with Crippen LogP contribution in [0.1, 0.15) is 53.1 Å². The van der Waals surface area contributed by atoms with E-state index in [1.165, 1.54) is 16.2 Å². The van der Waals surface area contributed by atoms with E-state index in [0.29, 0.717) is 30.1 Å². The number of fused-ring (bicyclic) bond motifs is 1. The molecule has 0 aliphatic carbocycles. The lowest BCUT2D eigenvalue weighted by Crippen LogP contribution is -2.44. The predicted octanol–water partition coefficient (Wildman–Crippen LogP) is 5.09. The fourth-order valence-electron chi connectivity index (χ4n) is 3.31. The lowest BCUT2D eigenvalue weighted by atomic mass is 9.84. The number of nitrogens with one attached hydrogen (secondary N) is 2. The van der Waals surface area contributed by atoms with Gasteiger partial charge < -0.3 is 15.5 Å². The van der Waals surface area contributed by atoms with Crippen molar-refractivity contribution in [1.82, 2.24) is 20.5 Å². The molecule has 0 aromatic carbocycles. The summed E-state index contributed by atoms with van der Waals surface area (Å²) in [7, 11) is 0. The molecule has 210 valence electrons. The molecule has 1 aliphatic rings. The number of aromatic nitrogens is 1. The average molecular weight is 576 g/mol. The molecule has 0 bridgehead atoms. The van der Waals surface area contributed by atoms with Gasteiger partial charge in [-0.15, -0.1) is 11.3 Å². The van der Waals surface area contributed by atoms with E-state index in [4.69, 9.17) is 16.9 Å². The molecule has 2 atom stereocenters. The van der Waals surface area contributed by atoms with Gasteiger partial charge in [-0.25, -0.2) is 0 Å². The fraction of sp³-hybridized carbons (Fsp3) is 0.560. The predicted molar refractivity (Wildman–Crippen MR) is 141 cm³/mol. The van der Waals surface area contributed by atoms with Gasteiger partial charge in [0, 0.05) is 41.8 Å². The van der Waals surface area contributed by atoms with Gasteiger partial charge >= 0.3 is 12.1 Å². The second-order valence-electron chi connectivity index (χ2n) is 10.1. The van der Waals surface area contributed by atoms with Crippen molar-refractivity contribution >= 4 is 51.2 Å². The summed E-state index contributed by atoms with van der Waals surface area (Å²) in [6.45, 7) is 12.9. The number of carbonyl (C=O) groups excluding carboxylic acids is 3. The van der Waals surface area contributed by atoms with Crippen molar-refractivity contribution in [3.63, 3.8) is 0 Å². The minimum Gasteiger partial charge on any atom is -0.340 e. The van der Waals surface area contributed by atoms with Crippen LogP contribution in [0.25, 0.3) is 10.1 Å². The minimum atomic E-state index is -4.95. The van der Waals surface area contributed by atoms with E-state index in [2.05, 4.69) is 31.1 Å². The summed E-state index contributed by atoms with van der Waals surface area (Å²) in [6, 6.07) is 1.27. The first kappa shape index (κ1) is 33.1. The van der Waals surface area contributed by atoms with Crippen molar-refractivity contribution in [2.75, 3.05) is 19.6 Å². The van der Waals surface area contributed by atoms with Crippen molar-refractivity contribution in [3.8, 4) is 6.07 Å². The van der Waals surface area contributed by atoms with Crippen LogP contribution < -0.4 is 10.6 Å². The van der Waals surface area contributed by atoms with E-state index in [9.17, 15) is 27.6 Å². The summed E-state index contributed by atoms with van der Waals surface area (Å²) in [4.78, 5) is 38.1. The molecule has 0 saturated carbocycles. The van der Waals surface area contributed by atoms with Gasteiger partial charge in [-0.05, 0) is 17.3 Å². The van der Waals surface area contributed by atoms with Crippen molar-refractivity contribution in [1.29, 1.82) is 5.26 Å². The zero-order valence-electron chi connectivity index (χ0n) is 22.1. The molecule has 1 fully saturated rings. The standard InChI is InChI=1S/C11H17F3N2O2.C10H6ClN3OS.C4H10/c1-7-5-16(6-10(7,2)3)8(17)4-15-9(18)11(12,13)14;11-7-4-16-9-3-13-2-6(10(7)9)8(1-12)14-5-15;1-4(2)3/h7H,4-6H2,1-3H3,(H,15,18);2-5,8H,(H,14,15);4H,1-3H3/t7-;;/m0../s1. The third-order valence-corrected chi connectivity index (χ3v) is 6.93. The normalized spacial score (nSPS) is 16.9. The van der Waals surface area contributed by atoms with Crippen molar-refractivity contribution in [3.05, 3.63) is 28.4 Å². The number of pyridine rings is 1. The highest BCUT2D eigenvalue weighted by Gasteiger charge is 2.41. The van der Waals surface area contributed by atoms with Crippen LogP contribution in [-0.2, 0) is 14.4 Å². The third kappa shape index (κ3) is 9.76. The largest absolute Gasteiger partial charge is 0.471 e. The topological polar surface area (TPSA) is 115 Å². The second-order valence-corrected chi connectivity index (χ2v) is 11.4. The Morgan fingerprint density at radius 2 is 1.95 bits per heavy atom. The van der Waals surface area contributed by atoms with Crippen LogP contribution in [0, 0.1) is 28.6 Å². The highest BCUT2D eigenvalue weighted by molar-refractivity contribution is 7.17. The van der Waals surface area contributed by atoms with Crippen LogP contribution in [0.2, 0.25) is 5.02 Å². The molecule has 0 radical (unpaired) electrons. The first-order chi connectivity index (χ1) is 17.5. The number of nitriles is 1. The Kier molecular flexibility index (Phi) is 12.5. The first-order valence-electron chi connectivity index (χ1n) is 11.8. The summed E-state index contributed by atoms with van der Waals surface area (Å²) in [5.41, 5.74) is 0.572. The number of amides is 3. The number of carbonyl (C=O) groups is 3. The highest BCUT2D eigenvalue weighted by Crippen LogP contribution is 2.35. The van der Waals surface area contributed by atoms with Gasteiger partial charge in [-0.1, -0.05) is 53.1 Å². The van der Waals surface area contributed by atoms with E-state index in [-0.39, 0.29) is 11.3 Å². The summed E-state index contributed by atoms with van der Waals surface area (Å²) >= 11 is 7.49. The maximum atomic E-state index is 11.9. The number of thiophene rings is 1. The van der Waals surface area contributed by atoms with Crippen LogP contribution in [0.5, 0.6) is 0 Å². The number of hydrogen-bond donors (Lipinski definition) is 2. The Morgan fingerprint density at radius 3 is 2.42 bits per heavy atom. The molecule has 3 amide bonds. The molecule has 2 aromatic heterocycles. The molecule has 1 unspecified atom stereocenters. The molecule has 1 saturated heterocycles. The zero-order valence-corrected chi connectivity index (χ0v) is 23.7. The molecule has 13 heteroatoms. The van der Waals surface area contributed by atoms with Crippen LogP contribution in [0.4, 0.5) is 13.2 Å². The van der Waals surface area contributed by atoms with Crippen LogP contribution in [0.15, 0.2) is 17.8 Å². The molecule has 1 aliphatic heterocycles. The van der Waals surface area contributed by atoms with E-state index >= 15 is 0 Å². The van der Waals surface area contributed by atoms with E-state index < -0.39 is 30.6 Å². The lowest BCUT2D eigenvalue weighted by molar-refractivity contribution is -0.174. The number of hydrogen-bond acceptors (Lipinski definition) is 6. The number of alkyl halides is 3. The molecule has 0 spiro atoms. The van der Waals surface area contributed by atoms with Crippen molar-refractivity contribution in [2.45, 2.75) is 53.8 Å². The van der Waals surface area contributed by atoms with Crippen LogP contribution in [0.3, 0.4) is 0 Å². The van der Waals surface area contributed by atoms with Crippen molar-refractivity contribution in [2.24, 2.45) is 17.3 Å². The Labute approximate surface area is 229 Å². The Hall–Kier alpha value is -2.91. The first-order valence-corrected chi connectivity index (χ1v) is 13.0. The van der Waals surface area contributed by atoms with Gasteiger partial charge in [0.2, 0.25) is 12.3 Å². The van der Waals surface area contributed by atoms with E-state index in [1.54, 1.807) is 23.1 Å². The van der Waals surface area contributed by atoms with Crippen LogP contribution >= 0.6 is 22.9 Å². The highest BCUT2D eigenvalue weighted by atomic mass is 35.5. The zero-order chi connectivity index (χ0) is 29.3. The Balaban J connectivity index is 0.000000335. The van der Waals surface area contributed by atoms with Gasteiger partial charge in [0.25, 0.3) is 0 Å². The van der Waals surface area contributed by atoms with Gasteiger partial charge in [0.1, 0.15) is 6.04 Å². The minimum absolute atomic E-state index is 0.0519. The quantitative estimate of drug-likeness (QED) is 0.482. The van der Waals surface area contributed by atoms with Crippen LogP contribution in [-0.4, -0.2) is 53.9 Å². The van der Waals surface area contributed by atoms with E-state index in [1.807, 2.05) is 26.8 Å². The van der Waals surface area contributed by atoms with E-state index in [0.717, 1.165) is 16.0 Å². The molecule has 38 heavy (non-hydrogen) atoms. The summed E-state index contributed by atoms with van der Waals surface area (Å²) < 4.78 is 36.7. The summed E-state index contributed by atoms with van der Waals surface area (Å²) in [5, 5.41) is 16.1. The molecular weight excluding hydrogens is 543 g/mol. The van der Waals surface area contributed by atoms with Gasteiger partial charge in [0.05, 0.1) is 22.3 Å². The molecule has 3 heterocycles. The number of rotatable bonds is 5. The van der Waals surface area contributed by atoms with Gasteiger partial charge in [-0.2, -0.15) is 18.4 Å². The number of halogens is 4. The van der Waals surface area contributed by atoms with Gasteiger partial charge in [-0.3, -0.25) is 19.4 Å².